The van der Waals surface area contributed by atoms with E-state index in [1.54, 1.807) is 0 Å². The number of nitrogens with one attached hydrogen (secondary N) is 1. The van der Waals surface area contributed by atoms with E-state index in [1.165, 1.54) is 22.5 Å². The summed E-state index contributed by atoms with van der Waals surface area (Å²) in [4.78, 5) is 2.43. The van der Waals surface area contributed by atoms with Crippen LogP contribution in [0, 0.1) is 0 Å². The van der Waals surface area contributed by atoms with Crippen molar-refractivity contribution < 1.29 is 0 Å². The molecule has 2 nitrogen and oxygen atoms in total. The van der Waals surface area contributed by atoms with Crippen LogP contribution < -0.4 is 10.2 Å². The molecule has 1 aliphatic heterocycles. The summed E-state index contributed by atoms with van der Waals surface area (Å²) in [5, 5.41) is 4.08. The molecule has 1 aromatic rings. The molecule has 0 saturated heterocycles. The van der Waals surface area contributed by atoms with Gasteiger partial charge in [-0.15, -0.1) is 0 Å². The lowest BCUT2D eigenvalue weighted by atomic mass is 10.0. The molecule has 0 saturated carbocycles. The van der Waals surface area contributed by atoms with Crippen molar-refractivity contribution in [1.29, 1.82) is 0 Å². The van der Waals surface area contributed by atoms with Gasteiger partial charge in [0.1, 0.15) is 0 Å². The van der Waals surface area contributed by atoms with E-state index < -0.39 is 0 Å². The molecule has 3 heteroatoms. The Hall–Kier alpha value is -1.51. The second-order valence-electron chi connectivity index (χ2n) is 5.49. The SMILES string of the molecule is CNCCCN1C2=CC(Cl)=CCC2=CCc2ccccc21. The molecule has 0 atom stereocenters. The number of benzene rings is 1. The number of fused-ring (bicyclic) bond motifs is 2. The predicted octanol–water partition coefficient (Wildman–Crippen LogP) is 4.00. The standard InChI is InChI=1S/C18H21ClN2/c1-20-11-4-12-21-17-6-3-2-5-14(17)7-8-15-9-10-16(19)13-18(15)21/h2-3,5-6,8,10,13,20H,4,7,9,11-12H2,1H3. The molecule has 1 aliphatic carbocycles. The molecule has 1 heterocycles. The highest BCUT2D eigenvalue weighted by molar-refractivity contribution is 6.31. The molecule has 0 amide bonds. The molecule has 2 aliphatic rings. The monoisotopic (exact) mass is 300 g/mol. The average molecular weight is 301 g/mol. The van der Waals surface area contributed by atoms with Crippen LogP contribution in [0.15, 0.2) is 58.8 Å². The van der Waals surface area contributed by atoms with E-state index in [9.17, 15) is 0 Å². The van der Waals surface area contributed by atoms with Crippen molar-refractivity contribution in [3.63, 3.8) is 0 Å². The summed E-state index contributed by atoms with van der Waals surface area (Å²) in [6, 6.07) is 8.69. The zero-order chi connectivity index (χ0) is 14.7. The van der Waals surface area contributed by atoms with Gasteiger partial charge in [0.15, 0.2) is 0 Å². The highest BCUT2D eigenvalue weighted by Crippen LogP contribution is 2.36. The first kappa shape index (κ1) is 14.4. The number of rotatable bonds is 4. The van der Waals surface area contributed by atoms with E-state index in [0.29, 0.717) is 0 Å². The third-order valence-corrected chi connectivity index (χ3v) is 4.33. The van der Waals surface area contributed by atoms with Crippen LogP contribution in [0.3, 0.4) is 0 Å². The molecule has 0 spiro atoms. The van der Waals surface area contributed by atoms with E-state index in [1.807, 2.05) is 7.05 Å². The second kappa shape index (κ2) is 6.50. The van der Waals surface area contributed by atoms with Crippen molar-refractivity contribution in [2.75, 3.05) is 25.0 Å². The number of hydrogen-bond donors (Lipinski definition) is 1. The Morgan fingerprint density at radius 2 is 2.05 bits per heavy atom. The van der Waals surface area contributed by atoms with Crippen LogP contribution in [0.1, 0.15) is 18.4 Å². The average Bonchev–Trinajstić information content (AvgIpc) is 2.65. The fourth-order valence-corrected chi connectivity index (χ4v) is 3.18. The van der Waals surface area contributed by atoms with E-state index in [-0.39, 0.29) is 0 Å². The van der Waals surface area contributed by atoms with Crippen LogP contribution in [0.25, 0.3) is 0 Å². The number of halogens is 1. The third kappa shape index (κ3) is 3.07. The molecule has 0 bridgehead atoms. The van der Waals surface area contributed by atoms with Gasteiger partial charge in [-0.25, -0.2) is 0 Å². The van der Waals surface area contributed by atoms with Gasteiger partial charge in [0.2, 0.25) is 0 Å². The maximum atomic E-state index is 6.26. The maximum Gasteiger partial charge on any atom is 0.0458 e. The zero-order valence-electron chi connectivity index (χ0n) is 12.4. The van der Waals surface area contributed by atoms with Gasteiger partial charge in [-0.3, -0.25) is 0 Å². The van der Waals surface area contributed by atoms with Crippen molar-refractivity contribution in [1.82, 2.24) is 5.32 Å². The third-order valence-electron chi connectivity index (χ3n) is 4.07. The first-order chi connectivity index (χ1) is 10.3. The number of para-hydroxylation sites is 1. The molecule has 0 radical (unpaired) electrons. The Morgan fingerprint density at radius 1 is 1.19 bits per heavy atom. The Kier molecular flexibility index (Phi) is 4.47. The van der Waals surface area contributed by atoms with Crippen LogP contribution in [0.4, 0.5) is 5.69 Å². The topological polar surface area (TPSA) is 15.3 Å². The van der Waals surface area contributed by atoms with Gasteiger partial charge in [-0.2, -0.15) is 0 Å². The van der Waals surface area contributed by atoms with Crippen LogP contribution in [-0.2, 0) is 6.42 Å². The molecule has 110 valence electrons. The van der Waals surface area contributed by atoms with Gasteiger partial charge in [-0.05, 0) is 56.1 Å². The van der Waals surface area contributed by atoms with E-state index in [0.717, 1.165) is 37.4 Å². The summed E-state index contributed by atoms with van der Waals surface area (Å²) in [5.74, 6) is 0. The van der Waals surface area contributed by atoms with Crippen molar-refractivity contribution in [3.05, 3.63) is 64.4 Å². The summed E-state index contributed by atoms with van der Waals surface area (Å²) in [6.07, 6.45) is 9.59. The molecule has 3 rings (SSSR count). The van der Waals surface area contributed by atoms with Gasteiger partial charge in [0.05, 0.1) is 0 Å². The Labute approximate surface area is 131 Å². The van der Waals surface area contributed by atoms with E-state index in [4.69, 9.17) is 11.6 Å². The van der Waals surface area contributed by atoms with Crippen LogP contribution in [0.2, 0.25) is 0 Å². The van der Waals surface area contributed by atoms with Crippen molar-refractivity contribution in [2.24, 2.45) is 0 Å². The molecule has 0 fully saturated rings. The van der Waals surface area contributed by atoms with Gasteiger partial charge < -0.3 is 10.2 Å². The highest BCUT2D eigenvalue weighted by atomic mass is 35.5. The molecule has 1 aromatic carbocycles. The Bertz CT molecular complexity index is 613. The number of hydrogen-bond acceptors (Lipinski definition) is 2. The molecule has 21 heavy (non-hydrogen) atoms. The minimum absolute atomic E-state index is 0.847. The van der Waals surface area contributed by atoms with Crippen molar-refractivity contribution in [3.8, 4) is 0 Å². The van der Waals surface area contributed by atoms with E-state index in [2.05, 4.69) is 52.7 Å². The van der Waals surface area contributed by atoms with E-state index >= 15 is 0 Å². The largest absolute Gasteiger partial charge is 0.341 e. The maximum absolute atomic E-state index is 6.26. The molecular weight excluding hydrogens is 280 g/mol. The summed E-state index contributed by atoms with van der Waals surface area (Å²) in [6.45, 7) is 2.03. The smallest absolute Gasteiger partial charge is 0.0458 e. The second-order valence-corrected chi connectivity index (χ2v) is 5.93. The van der Waals surface area contributed by atoms with Crippen molar-refractivity contribution in [2.45, 2.75) is 19.3 Å². The molecule has 0 unspecified atom stereocenters. The summed E-state index contributed by atoms with van der Waals surface area (Å²) >= 11 is 6.26. The highest BCUT2D eigenvalue weighted by Gasteiger charge is 2.22. The lowest BCUT2D eigenvalue weighted by molar-refractivity contribution is 0.713. The van der Waals surface area contributed by atoms with Gasteiger partial charge in [0, 0.05) is 23.0 Å². The summed E-state index contributed by atoms with van der Waals surface area (Å²) < 4.78 is 0. The van der Waals surface area contributed by atoms with Crippen LogP contribution in [-0.4, -0.2) is 20.1 Å². The number of anilines is 1. The summed E-state index contributed by atoms with van der Waals surface area (Å²) in [7, 11) is 2.00. The van der Waals surface area contributed by atoms with Gasteiger partial charge >= 0.3 is 0 Å². The predicted molar refractivity (Wildman–Crippen MR) is 90.8 cm³/mol. The summed E-state index contributed by atoms with van der Waals surface area (Å²) in [5.41, 5.74) is 5.36. The van der Waals surface area contributed by atoms with Gasteiger partial charge in [-0.1, -0.05) is 42.0 Å². The first-order valence-electron chi connectivity index (χ1n) is 7.56. The first-order valence-corrected chi connectivity index (χ1v) is 7.94. The fraction of sp³-hybridized carbons (Fsp3) is 0.333. The quantitative estimate of drug-likeness (QED) is 0.846. The van der Waals surface area contributed by atoms with Crippen molar-refractivity contribution >= 4 is 17.3 Å². The Balaban J connectivity index is 2.00. The minimum atomic E-state index is 0.847. The lowest BCUT2D eigenvalue weighted by Crippen LogP contribution is -2.27. The zero-order valence-corrected chi connectivity index (χ0v) is 13.2. The van der Waals surface area contributed by atoms with Crippen LogP contribution >= 0.6 is 11.6 Å². The molecular formula is C18H21ClN2. The molecule has 1 N–H and O–H groups in total. The lowest BCUT2D eigenvalue weighted by Gasteiger charge is -2.30. The number of nitrogens with zero attached hydrogens (tertiary/aromatic N) is 1. The molecule has 0 aromatic heterocycles. The van der Waals surface area contributed by atoms with Gasteiger partial charge in [0.25, 0.3) is 0 Å². The normalized spacial score (nSPS) is 17.2. The minimum Gasteiger partial charge on any atom is -0.341 e. The number of allylic oxidation sites excluding steroid dienone is 5. The Morgan fingerprint density at radius 3 is 2.90 bits per heavy atom. The van der Waals surface area contributed by atoms with Crippen LogP contribution in [0.5, 0.6) is 0 Å². The fourth-order valence-electron chi connectivity index (χ4n) is 3.00.